The van der Waals surface area contributed by atoms with Crippen molar-refractivity contribution in [1.29, 1.82) is 0 Å². The maximum atomic E-state index is 12.4. The fourth-order valence-corrected chi connectivity index (χ4v) is 3.03. The molecule has 1 saturated heterocycles. The highest BCUT2D eigenvalue weighted by atomic mass is 16.1. The van der Waals surface area contributed by atoms with Gasteiger partial charge in [0, 0.05) is 30.2 Å². The van der Waals surface area contributed by atoms with Crippen LogP contribution in [-0.4, -0.2) is 24.0 Å². The van der Waals surface area contributed by atoms with Crippen LogP contribution in [0.5, 0.6) is 0 Å². The number of amides is 1. The Morgan fingerprint density at radius 2 is 1.70 bits per heavy atom. The first kappa shape index (κ1) is 15.5. The van der Waals surface area contributed by atoms with Crippen molar-refractivity contribution < 1.29 is 4.79 Å². The van der Waals surface area contributed by atoms with E-state index < -0.39 is 0 Å². The molecule has 0 radical (unpaired) electrons. The monoisotopic (exact) mass is 309 g/mol. The zero-order valence-electron chi connectivity index (χ0n) is 13.8. The van der Waals surface area contributed by atoms with Gasteiger partial charge in [-0.2, -0.15) is 0 Å². The van der Waals surface area contributed by atoms with Gasteiger partial charge in [-0.3, -0.25) is 9.78 Å². The van der Waals surface area contributed by atoms with Crippen LogP contribution in [0.15, 0.2) is 36.4 Å². The highest BCUT2D eigenvalue weighted by Gasteiger charge is 2.12. The fourth-order valence-electron chi connectivity index (χ4n) is 3.03. The third kappa shape index (κ3) is 3.70. The normalized spacial score (nSPS) is 14.6. The number of carbonyl (C=O) groups is 1. The first-order valence-corrected chi connectivity index (χ1v) is 8.24. The lowest BCUT2D eigenvalue weighted by atomic mass is 10.1. The zero-order valence-corrected chi connectivity index (χ0v) is 13.8. The van der Waals surface area contributed by atoms with Crippen LogP contribution in [0.3, 0.4) is 0 Å². The molecule has 4 nitrogen and oxygen atoms in total. The molecule has 0 unspecified atom stereocenters. The predicted molar refractivity (Wildman–Crippen MR) is 94.2 cm³/mol. The number of nitrogens with one attached hydrogen (secondary N) is 1. The van der Waals surface area contributed by atoms with Crippen LogP contribution < -0.4 is 10.2 Å². The molecule has 1 amide bonds. The lowest BCUT2D eigenvalue weighted by Gasteiger charge is -2.28. The average molecular weight is 309 g/mol. The molecule has 0 aliphatic carbocycles. The Hall–Kier alpha value is -2.36. The Morgan fingerprint density at radius 3 is 2.35 bits per heavy atom. The van der Waals surface area contributed by atoms with Gasteiger partial charge in [0.1, 0.15) is 0 Å². The van der Waals surface area contributed by atoms with Gasteiger partial charge >= 0.3 is 0 Å². The van der Waals surface area contributed by atoms with E-state index >= 15 is 0 Å². The minimum Gasteiger partial charge on any atom is -0.372 e. The van der Waals surface area contributed by atoms with E-state index in [4.69, 9.17) is 0 Å². The van der Waals surface area contributed by atoms with Crippen molar-refractivity contribution in [3.8, 4) is 0 Å². The number of benzene rings is 1. The summed E-state index contributed by atoms with van der Waals surface area (Å²) >= 11 is 0. The first-order chi connectivity index (χ1) is 11.1. The molecule has 1 aromatic carbocycles. The van der Waals surface area contributed by atoms with E-state index in [1.165, 1.54) is 24.9 Å². The molecule has 0 saturated carbocycles. The Bertz CT molecular complexity index is 688. The molecule has 0 spiro atoms. The van der Waals surface area contributed by atoms with Crippen molar-refractivity contribution in [2.24, 2.45) is 0 Å². The van der Waals surface area contributed by atoms with Crippen LogP contribution in [0.1, 0.15) is 41.0 Å². The van der Waals surface area contributed by atoms with Gasteiger partial charge in [-0.15, -0.1) is 0 Å². The van der Waals surface area contributed by atoms with Crippen molar-refractivity contribution in [1.82, 2.24) is 4.98 Å². The van der Waals surface area contributed by atoms with Gasteiger partial charge in [-0.1, -0.05) is 0 Å². The van der Waals surface area contributed by atoms with E-state index in [1.54, 1.807) is 0 Å². The summed E-state index contributed by atoms with van der Waals surface area (Å²) in [6, 6.07) is 11.8. The van der Waals surface area contributed by atoms with Gasteiger partial charge in [-0.25, -0.2) is 0 Å². The molecule has 4 heteroatoms. The molecule has 3 rings (SSSR count). The summed E-state index contributed by atoms with van der Waals surface area (Å²) in [4.78, 5) is 19.1. The van der Waals surface area contributed by atoms with Crippen LogP contribution >= 0.6 is 0 Å². The second-order valence-corrected chi connectivity index (χ2v) is 6.13. The van der Waals surface area contributed by atoms with E-state index in [1.807, 2.05) is 38.1 Å². The molecule has 1 fully saturated rings. The maximum Gasteiger partial charge on any atom is 0.257 e. The van der Waals surface area contributed by atoms with Crippen LogP contribution in [0.2, 0.25) is 0 Å². The Kier molecular flexibility index (Phi) is 4.60. The van der Waals surface area contributed by atoms with E-state index in [0.717, 1.165) is 30.2 Å². The van der Waals surface area contributed by atoms with Crippen molar-refractivity contribution in [3.63, 3.8) is 0 Å². The molecular weight excluding hydrogens is 286 g/mol. The molecule has 120 valence electrons. The average Bonchev–Trinajstić information content (AvgIpc) is 2.56. The summed E-state index contributed by atoms with van der Waals surface area (Å²) in [5.41, 5.74) is 4.35. The van der Waals surface area contributed by atoms with E-state index in [0.29, 0.717) is 5.56 Å². The van der Waals surface area contributed by atoms with Crippen LogP contribution in [0.4, 0.5) is 11.4 Å². The lowest BCUT2D eigenvalue weighted by molar-refractivity contribution is 0.102. The standard InChI is InChI=1S/C19H23N3O/c1-14-6-11-18(15(2)20-14)19(23)21-16-7-9-17(10-8-16)22-12-4-3-5-13-22/h6-11H,3-5,12-13H2,1-2H3,(H,21,23). The van der Waals surface area contributed by atoms with Gasteiger partial charge < -0.3 is 10.2 Å². The minimum absolute atomic E-state index is 0.110. The molecule has 1 aliphatic heterocycles. The summed E-state index contributed by atoms with van der Waals surface area (Å²) < 4.78 is 0. The third-order valence-electron chi connectivity index (χ3n) is 4.32. The minimum atomic E-state index is -0.110. The largest absolute Gasteiger partial charge is 0.372 e. The first-order valence-electron chi connectivity index (χ1n) is 8.24. The maximum absolute atomic E-state index is 12.4. The number of pyridine rings is 1. The number of hydrogen-bond donors (Lipinski definition) is 1. The molecule has 1 aliphatic rings. The second kappa shape index (κ2) is 6.82. The summed E-state index contributed by atoms with van der Waals surface area (Å²) in [5, 5.41) is 2.95. The molecule has 0 atom stereocenters. The van der Waals surface area contributed by atoms with Crippen LogP contribution in [0, 0.1) is 13.8 Å². The topological polar surface area (TPSA) is 45.2 Å². The van der Waals surface area contributed by atoms with Gasteiger partial charge in [0.2, 0.25) is 0 Å². The number of aryl methyl sites for hydroxylation is 2. The molecule has 0 bridgehead atoms. The number of aromatic nitrogens is 1. The number of hydrogen-bond acceptors (Lipinski definition) is 3. The number of anilines is 2. The molecular formula is C19H23N3O. The van der Waals surface area contributed by atoms with Crippen LogP contribution in [0.25, 0.3) is 0 Å². The number of nitrogens with zero attached hydrogens (tertiary/aromatic N) is 2. The smallest absolute Gasteiger partial charge is 0.257 e. The quantitative estimate of drug-likeness (QED) is 0.934. The fraction of sp³-hybridized carbons (Fsp3) is 0.368. The molecule has 1 N–H and O–H groups in total. The summed E-state index contributed by atoms with van der Waals surface area (Å²) in [6.07, 6.45) is 3.85. The van der Waals surface area contributed by atoms with E-state index in [-0.39, 0.29) is 5.91 Å². The highest BCUT2D eigenvalue weighted by molar-refractivity contribution is 6.05. The Morgan fingerprint density at radius 1 is 1.00 bits per heavy atom. The van der Waals surface area contributed by atoms with E-state index in [2.05, 4.69) is 27.3 Å². The Balaban J connectivity index is 1.69. The number of rotatable bonds is 3. The summed E-state index contributed by atoms with van der Waals surface area (Å²) in [5.74, 6) is -0.110. The summed E-state index contributed by atoms with van der Waals surface area (Å²) in [7, 11) is 0. The second-order valence-electron chi connectivity index (χ2n) is 6.13. The van der Waals surface area contributed by atoms with Gasteiger partial charge in [-0.05, 0) is 69.5 Å². The van der Waals surface area contributed by atoms with Crippen molar-refractivity contribution in [2.75, 3.05) is 23.3 Å². The SMILES string of the molecule is Cc1ccc(C(=O)Nc2ccc(N3CCCCC3)cc2)c(C)n1. The zero-order chi connectivity index (χ0) is 16.2. The van der Waals surface area contributed by atoms with Crippen molar-refractivity contribution in [2.45, 2.75) is 33.1 Å². The van der Waals surface area contributed by atoms with Crippen molar-refractivity contribution in [3.05, 3.63) is 53.3 Å². The van der Waals surface area contributed by atoms with Crippen molar-refractivity contribution >= 4 is 17.3 Å². The number of piperidine rings is 1. The van der Waals surface area contributed by atoms with Gasteiger partial charge in [0.15, 0.2) is 0 Å². The van der Waals surface area contributed by atoms with Gasteiger partial charge in [0.25, 0.3) is 5.91 Å². The predicted octanol–water partition coefficient (Wildman–Crippen LogP) is 3.94. The van der Waals surface area contributed by atoms with Crippen LogP contribution in [-0.2, 0) is 0 Å². The highest BCUT2D eigenvalue weighted by Crippen LogP contribution is 2.22. The third-order valence-corrected chi connectivity index (χ3v) is 4.32. The molecule has 23 heavy (non-hydrogen) atoms. The van der Waals surface area contributed by atoms with Gasteiger partial charge in [0.05, 0.1) is 11.3 Å². The molecule has 2 aromatic rings. The summed E-state index contributed by atoms with van der Waals surface area (Å²) in [6.45, 7) is 6.04. The number of carbonyl (C=O) groups excluding carboxylic acids is 1. The molecule has 1 aromatic heterocycles. The Labute approximate surface area is 137 Å². The van der Waals surface area contributed by atoms with E-state index in [9.17, 15) is 4.79 Å². The lowest BCUT2D eigenvalue weighted by Crippen LogP contribution is -2.29. The molecule has 2 heterocycles.